The maximum Gasteiger partial charge on any atom is 0.573 e. The number of rotatable bonds is 7. The van der Waals surface area contributed by atoms with Gasteiger partial charge in [-0.3, -0.25) is 0 Å². The fourth-order valence-electron chi connectivity index (χ4n) is 3.68. The van der Waals surface area contributed by atoms with Crippen LogP contribution >= 0.6 is 15.9 Å². The van der Waals surface area contributed by atoms with Crippen LogP contribution < -0.4 is 15.2 Å². The first kappa shape index (κ1) is 24.7. The number of nitrogens with two attached hydrogens (primary N) is 1. The summed E-state index contributed by atoms with van der Waals surface area (Å²) in [6.45, 7) is 3.50. The molecule has 0 unspecified atom stereocenters. The van der Waals surface area contributed by atoms with Crippen molar-refractivity contribution in [1.82, 2.24) is 4.72 Å². The Morgan fingerprint density at radius 2 is 1.83 bits per heavy atom. The normalized spacial score (nSPS) is 20.6. The number of carbonyl (C=O) groups excluding carboxylic acids is 1. The van der Waals surface area contributed by atoms with Gasteiger partial charge in [-0.15, -0.1) is 13.2 Å². The van der Waals surface area contributed by atoms with Crippen LogP contribution in [0.15, 0.2) is 27.6 Å². The lowest BCUT2D eigenvalue weighted by Crippen LogP contribution is -2.39. The van der Waals surface area contributed by atoms with E-state index in [1.807, 2.05) is 0 Å². The Morgan fingerprint density at radius 3 is 2.37 bits per heavy atom. The van der Waals surface area contributed by atoms with E-state index in [2.05, 4.69) is 25.4 Å². The van der Waals surface area contributed by atoms with Crippen molar-refractivity contribution >= 4 is 32.0 Å². The molecule has 1 amide bonds. The summed E-state index contributed by atoms with van der Waals surface area (Å²) < 4.78 is 75.1. The quantitative estimate of drug-likeness (QED) is 0.556. The molecule has 1 saturated carbocycles. The van der Waals surface area contributed by atoms with Crippen LogP contribution in [-0.4, -0.2) is 32.5 Å². The van der Waals surface area contributed by atoms with Crippen LogP contribution in [0, 0.1) is 5.92 Å². The Balaban J connectivity index is 2.04. The molecule has 1 aromatic rings. The van der Waals surface area contributed by atoms with Crippen molar-refractivity contribution in [3.05, 3.63) is 22.7 Å². The monoisotopic (exact) mass is 516 g/mol. The zero-order valence-corrected chi connectivity index (χ0v) is 18.9. The van der Waals surface area contributed by atoms with E-state index < -0.39 is 44.8 Å². The highest BCUT2D eigenvalue weighted by Crippen LogP contribution is 2.35. The fourth-order valence-corrected chi connectivity index (χ4v) is 5.44. The number of nitrogens with one attached hydrogen (secondary N) is 1. The lowest BCUT2D eigenvalue weighted by atomic mass is 9.80. The van der Waals surface area contributed by atoms with E-state index in [4.69, 9.17) is 10.5 Å². The molecule has 1 fully saturated rings. The van der Waals surface area contributed by atoms with Crippen molar-refractivity contribution in [3.8, 4) is 5.75 Å². The number of ether oxygens (including phenoxy) is 2. The Morgan fingerprint density at radius 1 is 1.23 bits per heavy atom. The van der Waals surface area contributed by atoms with Crippen molar-refractivity contribution in [2.24, 2.45) is 11.7 Å². The minimum absolute atomic E-state index is 0.205. The van der Waals surface area contributed by atoms with Gasteiger partial charge in [0.15, 0.2) is 5.75 Å². The number of alkyl halides is 3. The lowest BCUT2D eigenvalue weighted by molar-refractivity contribution is -0.275. The highest BCUT2D eigenvalue weighted by Gasteiger charge is 2.36. The maximum absolute atomic E-state index is 12.7. The van der Waals surface area contributed by atoms with Gasteiger partial charge in [0, 0.05) is 10.5 Å². The van der Waals surface area contributed by atoms with Crippen LogP contribution in [0.3, 0.4) is 0 Å². The number of amides is 1. The summed E-state index contributed by atoms with van der Waals surface area (Å²) in [6.07, 6.45) is -2.96. The van der Waals surface area contributed by atoms with Crippen LogP contribution in [0.25, 0.3) is 0 Å². The molecule has 0 spiro atoms. The molecule has 0 atom stereocenters. The van der Waals surface area contributed by atoms with Crippen molar-refractivity contribution in [2.75, 3.05) is 0 Å². The molecule has 0 aromatic heterocycles. The standard InChI is InChI=1S/C18H24BrF3N2O5S/c1-17(2,29-16(23)25)10-11-3-6-13(7-4-11)24-30(26,27)15-8-5-12(19)9-14(15)28-18(20,21)22/h5,8-9,11,13,24H,3-4,6-7,10H2,1-2H3,(H2,23,25)/t11-,13-. The summed E-state index contributed by atoms with van der Waals surface area (Å²) in [4.78, 5) is 10.4. The van der Waals surface area contributed by atoms with Gasteiger partial charge in [-0.05, 0) is 70.1 Å². The Kier molecular flexibility index (Phi) is 7.68. The first-order valence-corrected chi connectivity index (χ1v) is 11.5. The summed E-state index contributed by atoms with van der Waals surface area (Å²) in [6, 6.07) is 2.92. The van der Waals surface area contributed by atoms with Crippen molar-refractivity contribution < 1.29 is 35.9 Å². The molecule has 0 aliphatic heterocycles. The third-order valence-corrected chi connectivity index (χ3v) is 6.80. The van der Waals surface area contributed by atoms with Gasteiger partial charge in [0.1, 0.15) is 10.5 Å². The van der Waals surface area contributed by atoms with E-state index >= 15 is 0 Å². The van der Waals surface area contributed by atoms with Gasteiger partial charge < -0.3 is 15.2 Å². The van der Waals surface area contributed by atoms with Gasteiger partial charge in [-0.1, -0.05) is 15.9 Å². The van der Waals surface area contributed by atoms with Gasteiger partial charge >= 0.3 is 12.5 Å². The predicted octanol–water partition coefficient (Wildman–Crippen LogP) is 4.45. The summed E-state index contributed by atoms with van der Waals surface area (Å²) in [7, 11) is -4.23. The molecule has 1 aromatic carbocycles. The zero-order chi connectivity index (χ0) is 22.7. The molecule has 7 nitrogen and oxygen atoms in total. The van der Waals surface area contributed by atoms with E-state index in [9.17, 15) is 26.4 Å². The highest BCUT2D eigenvalue weighted by atomic mass is 79.9. The van der Waals surface area contributed by atoms with E-state index in [0.29, 0.717) is 32.1 Å². The molecule has 3 N–H and O–H groups in total. The molecule has 0 radical (unpaired) electrons. The third kappa shape index (κ3) is 7.62. The van der Waals surface area contributed by atoms with Crippen LogP contribution in [-0.2, 0) is 14.8 Å². The van der Waals surface area contributed by atoms with E-state index in [1.165, 1.54) is 6.07 Å². The van der Waals surface area contributed by atoms with E-state index in [0.717, 1.165) is 12.1 Å². The first-order valence-electron chi connectivity index (χ1n) is 9.23. The Hall–Kier alpha value is -1.53. The van der Waals surface area contributed by atoms with Crippen molar-refractivity contribution in [2.45, 2.75) is 68.9 Å². The van der Waals surface area contributed by atoms with Gasteiger partial charge in [-0.2, -0.15) is 0 Å². The predicted molar refractivity (Wildman–Crippen MR) is 106 cm³/mol. The van der Waals surface area contributed by atoms with Crippen LogP contribution in [0.2, 0.25) is 0 Å². The molecule has 170 valence electrons. The third-order valence-electron chi connectivity index (χ3n) is 4.75. The molecule has 2 rings (SSSR count). The van der Waals surface area contributed by atoms with Crippen LogP contribution in [0.4, 0.5) is 18.0 Å². The van der Waals surface area contributed by atoms with Crippen molar-refractivity contribution in [3.63, 3.8) is 0 Å². The average Bonchev–Trinajstić information content (AvgIpc) is 2.53. The summed E-state index contributed by atoms with van der Waals surface area (Å²) >= 11 is 3.01. The molecule has 12 heteroatoms. The summed E-state index contributed by atoms with van der Waals surface area (Å²) in [5.74, 6) is -0.597. The number of primary amides is 1. The number of carbonyl (C=O) groups is 1. The molecule has 1 aliphatic rings. The SMILES string of the molecule is CC(C)(C[C@H]1CC[C@H](NS(=O)(=O)c2ccc(Br)cc2OC(F)(F)F)CC1)OC(N)=O. The molecule has 0 bridgehead atoms. The molecule has 30 heavy (non-hydrogen) atoms. The molecule has 1 aliphatic carbocycles. The van der Waals surface area contributed by atoms with Crippen LogP contribution in [0.1, 0.15) is 46.0 Å². The Labute approximate surface area is 181 Å². The largest absolute Gasteiger partial charge is 0.573 e. The Bertz CT molecular complexity index is 869. The van der Waals surface area contributed by atoms with Gasteiger partial charge in [0.25, 0.3) is 0 Å². The average molecular weight is 517 g/mol. The topological polar surface area (TPSA) is 108 Å². The number of benzene rings is 1. The molecule has 0 saturated heterocycles. The summed E-state index contributed by atoms with van der Waals surface area (Å²) in [5, 5.41) is 0. The number of sulfonamides is 1. The molecular formula is C18H24BrF3N2O5S. The lowest BCUT2D eigenvalue weighted by Gasteiger charge is -2.34. The van der Waals surface area contributed by atoms with Crippen molar-refractivity contribution in [1.29, 1.82) is 0 Å². The molecular weight excluding hydrogens is 493 g/mol. The zero-order valence-electron chi connectivity index (χ0n) is 16.5. The smallest absolute Gasteiger partial charge is 0.444 e. The minimum atomic E-state index is -5.02. The summed E-state index contributed by atoms with van der Waals surface area (Å²) in [5.41, 5.74) is 4.34. The second kappa shape index (κ2) is 9.31. The van der Waals surface area contributed by atoms with Gasteiger partial charge in [0.05, 0.1) is 0 Å². The highest BCUT2D eigenvalue weighted by molar-refractivity contribution is 9.10. The van der Waals surface area contributed by atoms with Gasteiger partial charge in [-0.25, -0.2) is 17.9 Å². The van der Waals surface area contributed by atoms with E-state index in [-0.39, 0.29) is 10.4 Å². The number of hydrogen-bond donors (Lipinski definition) is 2. The second-order valence-electron chi connectivity index (χ2n) is 7.86. The second-order valence-corrected chi connectivity index (χ2v) is 10.5. The first-order chi connectivity index (χ1) is 13.7. The number of halogens is 4. The minimum Gasteiger partial charge on any atom is -0.444 e. The van der Waals surface area contributed by atoms with E-state index in [1.54, 1.807) is 13.8 Å². The maximum atomic E-state index is 12.7. The number of hydrogen-bond acceptors (Lipinski definition) is 5. The fraction of sp³-hybridized carbons (Fsp3) is 0.611. The van der Waals surface area contributed by atoms with Gasteiger partial charge in [0.2, 0.25) is 10.0 Å². The molecule has 0 heterocycles. The van der Waals surface area contributed by atoms with Crippen LogP contribution in [0.5, 0.6) is 5.75 Å².